The largest absolute Gasteiger partial charge is 0.357 e. The first-order valence-corrected chi connectivity index (χ1v) is 12.7. The second-order valence-electron chi connectivity index (χ2n) is 9.02. The predicted octanol–water partition coefficient (Wildman–Crippen LogP) is 4.76. The molecule has 2 saturated heterocycles. The third-order valence-corrected chi connectivity index (χ3v) is 8.15. The van der Waals surface area contributed by atoms with Crippen LogP contribution in [0.4, 0.5) is 5.82 Å². The highest BCUT2D eigenvalue weighted by molar-refractivity contribution is 8.26. The summed E-state index contributed by atoms with van der Waals surface area (Å²) in [5.74, 6) is 1.23. The van der Waals surface area contributed by atoms with Crippen molar-refractivity contribution in [2.24, 2.45) is 13.0 Å². The zero-order chi connectivity index (χ0) is 24.6. The van der Waals surface area contributed by atoms with Crippen molar-refractivity contribution >= 4 is 46.1 Å². The van der Waals surface area contributed by atoms with Crippen LogP contribution < -0.4 is 10.5 Å². The SMILES string of the molecule is Cc1c(C=C2SC(=S)N(C(C)c3ccccc3)C2=O)c(N2CCC(C)CC2)n(C)c(=O)c1C#N. The van der Waals surface area contributed by atoms with Gasteiger partial charge in [0, 0.05) is 25.7 Å². The van der Waals surface area contributed by atoms with E-state index in [0.29, 0.717) is 20.7 Å². The first kappa shape index (κ1) is 24.2. The van der Waals surface area contributed by atoms with E-state index in [9.17, 15) is 14.9 Å². The molecular formula is C26H28N4O2S2. The number of anilines is 1. The molecule has 176 valence electrons. The number of pyridine rings is 1. The van der Waals surface area contributed by atoms with Gasteiger partial charge in [-0.3, -0.25) is 19.1 Å². The van der Waals surface area contributed by atoms with E-state index in [4.69, 9.17) is 12.2 Å². The highest BCUT2D eigenvalue weighted by atomic mass is 32.2. The Balaban J connectivity index is 1.80. The number of hydrogen-bond acceptors (Lipinski definition) is 6. The second-order valence-corrected chi connectivity index (χ2v) is 10.7. The summed E-state index contributed by atoms with van der Waals surface area (Å²) in [7, 11) is 1.70. The van der Waals surface area contributed by atoms with Crippen molar-refractivity contribution in [3.63, 3.8) is 0 Å². The summed E-state index contributed by atoms with van der Waals surface area (Å²) in [5.41, 5.74) is 2.14. The van der Waals surface area contributed by atoms with Crippen molar-refractivity contribution in [1.82, 2.24) is 9.47 Å². The Morgan fingerprint density at radius 2 is 1.85 bits per heavy atom. The molecule has 34 heavy (non-hydrogen) atoms. The maximum Gasteiger partial charge on any atom is 0.270 e. The number of aromatic nitrogens is 1. The second kappa shape index (κ2) is 9.77. The van der Waals surface area contributed by atoms with Gasteiger partial charge >= 0.3 is 0 Å². The lowest BCUT2D eigenvalue weighted by Gasteiger charge is -2.34. The summed E-state index contributed by atoms with van der Waals surface area (Å²) in [5, 5.41) is 9.68. The Morgan fingerprint density at radius 1 is 1.21 bits per heavy atom. The summed E-state index contributed by atoms with van der Waals surface area (Å²) in [6.07, 6.45) is 3.88. The molecule has 6 nitrogen and oxygen atoms in total. The van der Waals surface area contributed by atoms with Gasteiger partial charge in [-0.2, -0.15) is 5.26 Å². The molecule has 1 unspecified atom stereocenters. The highest BCUT2D eigenvalue weighted by Crippen LogP contribution is 2.40. The number of nitriles is 1. The molecule has 0 bridgehead atoms. The van der Waals surface area contributed by atoms with Gasteiger partial charge in [0.05, 0.1) is 10.9 Å². The zero-order valence-corrected chi connectivity index (χ0v) is 21.5. The third-order valence-electron chi connectivity index (χ3n) is 6.82. The van der Waals surface area contributed by atoms with Crippen LogP contribution in [0.3, 0.4) is 0 Å². The van der Waals surface area contributed by atoms with Crippen LogP contribution in [-0.4, -0.2) is 32.8 Å². The van der Waals surface area contributed by atoms with Crippen LogP contribution >= 0.6 is 24.0 Å². The van der Waals surface area contributed by atoms with Crippen LogP contribution in [0.15, 0.2) is 40.0 Å². The Kier molecular flexibility index (Phi) is 6.96. The molecule has 2 aliphatic rings. The average molecular weight is 493 g/mol. The predicted molar refractivity (Wildman–Crippen MR) is 142 cm³/mol. The Hall–Kier alpha value is -2.89. The van der Waals surface area contributed by atoms with Crippen molar-refractivity contribution in [2.75, 3.05) is 18.0 Å². The van der Waals surface area contributed by atoms with Crippen LogP contribution in [0.1, 0.15) is 55.0 Å². The summed E-state index contributed by atoms with van der Waals surface area (Å²) in [6, 6.07) is 11.7. The third kappa shape index (κ3) is 4.30. The lowest BCUT2D eigenvalue weighted by Crippen LogP contribution is -2.38. The maximum absolute atomic E-state index is 13.5. The summed E-state index contributed by atoms with van der Waals surface area (Å²) >= 11 is 6.86. The molecule has 2 aliphatic heterocycles. The van der Waals surface area contributed by atoms with Crippen molar-refractivity contribution < 1.29 is 4.79 Å². The van der Waals surface area contributed by atoms with Crippen molar-refractivity contribution in [3.05, 3.63) is 67.8 Å². The smallest absolute Gasteiger partial charge is 0.270 e. The fraction of sp³-hybridized carbons (Fsp3) is 0.385. The van der Waals surface area contributed by atoms with Gasteiger partial charge in [-0.1, -0.05) is 61.2 Å². The number of piperidine rings is 1. The normalized spacial score (nSPS) is 19.1. The molecule has 4 rings (SSSR count). The van der Waals surface area contributed by atoms with Crippen LogP contribution in [-0.2, 0) is 11.8 Å². The summed E-state index contributed by atoms with van der Waals surface area (Å²) in [4.78, 5) is 30.8. The molecular weight excluding hydrogens is 464 g/mol. The Morgan fingerprint density at radius 3 is 2.47 bits per heavy atom. The van der Waals surface area contributed by atoms with E-state index >= 15 is 0 Å². The lowest BCUT2D eigenvalue weighted by atomic mass is 9.97. The average Bonchev–Trinajstić information content (AvgIpc) is 3.11. The molecule has 0 radical (unpaired) electrons. The number of hydrogen-bond donors (Lipinski definition) is 0. The molecule has 2 aromatic rings. The van der Waals surface area contributed by atoms with Gasteiger partial charge in [0.2, 0.25) is 0 Å². The standard InChI is InChI=1S/C26H28N4O2S2/c1-16-10-12-29(13-11-16)23-20(17(2)21(15-27)24(31)28(23)4)14-22-25(32)30(26(33)34-22)18(3)19-8-6-5-7-9-19/h5-9,14,16,18H,10-13H2,1-4H3. The molecule has 1 aromatic carbocycles. The van der Waals surface area contributed by atoms with E-state index in [1.54, 1.807) is 23.4 Å². The van der Waals surface area contributed by atoms with E-state index in [1.807, 2.05) is 43.3 Å². The van der Waals surface area contributed by atoms with E-state index in [1.165, 1.54) is 11.8 Å². The van der Waals surface area contributed by atoms with Gasteiger partial charge in [-0.15, -0.1) is 0 Å². The first-order chi connectivity index (χ1) is 16.2. The van der Waals surface area contributed by atoms with Crippen molar-refractivity contribution in [3.8, 4) is 6.07 Å². The number of thioether (sulfide) groups is 1. The van der Waals surface area contributed by atoms with Gasteiger partial charge in [-0.05, 0) is 49.8 Å². The number of amides is 1. The molecule has 3 heterocycles. The van der Waals surface area contributed by atoms with Crippen molar-refractivity contribution in [2.45, 2.75) is 39.7 Å². The molecule has 0 saturated carbocycles. The number of carbonyl (C=O) groups is 1. The molecule has 2 fully saturated rings. The fourth-order valence-corrected chi connectivity index (χ4v) is 6.04. The van der Waals surface area contributed by atoms with Crippen LogP contribution in [0.25, 0.3) is 6.08 Å². The molecule has 1 amide bonds. The summed E-state index contributed by atoms with van der Waals surface area (Å²) < 4.78 is 2.06. The van der Waals surface area contributed by atoms with Crippen LogP contribution in [0.2, 0.25) is 0 Å². The highest BCUT2D eigenvalue weighted by Gasteiger charge is 2.36. The lowest BCUT2D eigenvalue weighted by molar-refractivity contribution is -0.123. The number of benzene rings is 1. The summed E-state index contributed by atoms with van der Waals surface area (Å²) in [6.45, 7) is 7.64. The van der Waals surface area contributed by atoms with E-state index in [-0.39, 0.29) is 23.1 Å². The van der Waals surface area contributed by atoms with Gasteiger partial charge in [0.1, 0.15) is 21.8 Å². The number of thiocarbonyl (C=S) groups is 1. The minimum Gasteiger partial charge on any atom is -0.357 e. The van der Waals surface area contributed by atoms with E-state index < -0.39 is 0 Å². The Labute approximate surface area is 209 Å². The maximum atomic E-state index is 13.5. The van der Waals surface area contributed by atoms with Gasteiger partial charge < -0.3 is 4.90 Å². The molecule has 0 spiro atoms. The molecule has 1 atom stereocenters. The quantitative estimate of drug-likeness (QED) is 0.453. The monoisotopic (exact) mass is 492 g/mol. The van der Waals surface area contributed by atoms with Gasteiger partial charge in [0.25, 0.3) is 11.5 Å². The molecule has 8 heteroatoms. The number of carbonyl (C=O) groups excluding carboxylic acids is 1. The minimum absolute atomic E-state index is 0.107. The van der Waals surface area contributed by atoms with E-state index in [2.05, 4.69) is 17.9 Å². The number of rotatable bonds is 4. The van der Waals surface area contributed by atoms with Gasteiger partial charge in [-0.25, -0.2) is 0 Å². The van der Waals surface area contributed by atoms with Gasteiger partial charge in [0.15, 0.2) is 0 Å². The molecule has 1 aromatic heterocycles. The van der Waals surface area contributed by atoms with Crippen molar-refractivity contribution in [1.29, 1.82) is 5.26 Å². The molecule has 0 aliphatic carbocycles. The number of nitrogens with zero attached hydrogens (tertiary/aromatic N) is 4. The topological polar surface area (TPSA) is 69.3 Å². The fourth-order valence-electron chi connectivity index (χ4n) is 4.64. The minimum atomic E-state index is -0.309. The zero-order valence-electron chi connectivity index (χ0n) is 19.9. The first-order valence-electron chi connectivity index (χ1n) is 11.4. The van der Waals surface area contributed by atoms with Crippen LogP contribution in [0, 0.1) is 24.2 Å². The molecule has 0 N–H and O–H groups in total. The Bertz CT molecular complexity index is 1270. The van der Waals surface area contributed by atoms with E-state index in [0.717, 1.165) is 42.9 Å². The van der Waals surface area contributed by atoms with Crippen LogP contribution in [0.5, 0.6) is 0 Å².